The van der Waals surface area contributed by atoms with E-state index in [0.717, 1.165) is 0 Å². The van der Waals surface area contributed by atoms with Gasteiger partial charge in [0.05, 0.1) is 16.9 Å². The van der Waals surface area contributed by atoms with Crippen LogP contribution in [0.15, 0.2) is 48.8 Å². The van der Waals surface area contributed by atoms with Crippen molar-refractivity contribution in [3.05, 3.63) is 65.5 Å². The summed E-state index contributed by atoms with van der Waals surface area (Å²) in [5.74, 6) is -1.15. The third kappa shape index (κ3) is 3.67. The molecule has 0 saturated heterocycles. The van der Waals surface area contributed by atoms with Crippen LogP contribution in [0.2, 0.25) is 5.02 Å². The van der Waals surface area contributed by atoms with Crippen molar-refractivity contribution in [3.8, 4) is 17.0 Å². The van der Waals surface area contributed by atoms with E-state index < -0.39 is 23.7 Å². The number of carbonyl (C=O) groups excluding carboxylic acids is 2. The molecule has 0 unspecified atom stereocenters. The number of amides is 2. The average Bonchev–Trinajstić information content (AvgIpc) is 2.87. The Morgan fingerprint density at radius 3 is 2.87 bits per heavy atom. The third-order valence-electron chi connectivity index (χ3n) is 4.48. The Kier molecular flexibility index (Phi) is 5.28. The van der Waals surface area contributed by atoms with E-state index in [4.69, 9.17) is 16.3 Å². The number of pyridine rings is 1. The zero-order valence-electron chi connectivity index (χ0n) is 15.7. The van der Waals surface area contributed by atoms with Crippen molar-refractivity contribution >= 4 is 29.2 Å². The van der Waals surface area contributed by atoms with E-state index in [1.807, 2.05) is 0 Å². The number of nitrogens with zero attached hydrogens (tertiary/aromatic N) is 4. The summed E-state index contributed by atoms with van der Waals surface area (Å²) in [4.78, 5) is 38.9. The van der Waals surface area contributed by atoms with Crippen LogP contribution in [0.4, 0.5) is 10.2 Å². The number of nitrogens with one attached hydrogen (secondary N) is 1. The van der Waals surface area contributed by atoms with Gasteiger partial charge in [-0.3, -0.25) is 14.5 Å². The maximum atomic E-state index is 14.1. The molecule has 1 atom stereocenters. The molecule has 30 heavy (non-hydrogen) atoms. The predicted molar refractivity (Wildman–Crippen MR) is 107 cm³/mol. The largest absolute Gasteiger partial charge is 0.487 e. The highest BCUT2D eigenvalue weighted by molar-refractivity contribution is 6.33. The molecule has 0 bridgehead atoms. The standard InChI is InChI=1S/C20H15ClFN5O3/c1-27-18-15(7-4-8-23-18)30-10-14(20(27)29)25-19(28)17-24-9-12(21)16(26-17)11-5-2-3-6-13(11)22/h2-9,14H,10H2,1H3,(H,25,28)/t14-/m0/s1. The molecule has 2 amide bonds. The summed E-state index contributed by atoms with van der Waals surface area (Å²) in [5, 5.41) is 2.65. The zero-order chi connectivity index (χ0) is 21.3. The maximum Gasteiger partial charge on any atom is 0.289 e. The molecule has 2 aromatic heterocycles. The Balaban J connectivity index is 1.58. The molecule has 1 aromatic carbocycles. The van der Waals surface area contributed by atoms with Gasteiger partial charge in [0.2, 0.25) is 5.82 Å². The highest BCUT2D eigenvalue weighted by Crippen LogP contribution is 2.28. The number of hydrogen-bond donors (Lipinski definition) is 1. The first-order valence-electron chi connectivity index (χ1n) is 8.89. The van der Waals surface area contributed by atoms with Gasteiger partial charge in [-0.25, -0.2) is 19.3 Å². The van der Waals surface area contributed by atoms with Crippen molar-refractivity contribution in [2.24, 2.45) is 0 Å². The van der Waals surface area contributed by atoms with Gasteiger partial charge in [0.15, 0.2) is 11.6 Å². The normalized spacial score (nSPS) is 15.8. The number of aromatic nitrogens is 3. The van der Waals surface area contributed by atoms with Crippen LogP contribution in [0, 0.1) is 5.82 Å². The summed E-state index contributed by atoms with van der Waals surface area (Å²) in [6, 6.07) is 8.28. The molecular weight excluding hydrogens is 413 g/mol. The Labute approximate surface area is 175 Å². The Morgan fingerprint density at radius 1 is 1.27 bits per heavy atom. The number of fused-ring (bicyclic) bond motifs is 1. The molecule has 8 nitrogen and oxygen atoms in total. The van der Waals surface area contributed by atoms with E-state index in [1.165, 1.54) is 42.5 Å². The maximum absolute atomic E-state index is 14.1. The number of likely N-dealkylation sites (N-methyl/N-ethyl adjacent to an activating group) is 1. The fraction of sp³-hybridized carbons (Fsp3) is 0.150. The zero-order valence-corrected chi connectivity index (χ0v) is 16.4. The van der Waals surface area contributed by atoms with E-state index in [2.05, 4.69) is 20.3 Å². The fourth-order valence-electron chi connectivity index (χ4n) is 2.97. The second-order valence-corrected chi connectivity index (χ2v) is 6.84. The summed E-state index contributed by atoms with van der Waals surface area (Å²) in [5.41, 5.74) is 0.209. The minimum Gasteiger partial charge on any atom is -0.487 e. The van der Waals surface area contributed by atoms with Gasteiger partial charge in [-0.05, 0) is 24.3 Å². The summed E-state index contributed by atoms with van der Waals surface area (Å²) < 4.78 is 19.8. The highest BCUT2D eigenvalue weighted by atomic mass is 35.5. The van der Waals surface area contributed by atoms with Gasteiger partial charge in [0.1, 0.15) is 18.5 Å². The van der Waals surface area contributed by atoms with E-state index in [1.54, 1.807) is 18.2 Å². The van der Waals surface area contributed by atoms with Crippen molar-refractivity contribution in [1.29, 1.82) is 0 Å². The van der Waals surface area contributed by atoms with Crippen LogP contribution in [0.1, 0.15) is 10.6 Å². The number of hydrogen-bond acceptors (Lipinski definition) is 6. The molecule has 1 aliphatic heterocycles. The Morgan fingerprint density at radius 2 is 2.07 bits per heavy atom. The quantitative estimate of drug-likeness (QED) is 0.689. The van der Waals surface area contributed by atoms with Crippen LogP contribution in [-0.2, 0) is 4.79 Å². The predicted octanol–water partition coefficient (Wildman–Crippen LogP) is 2.48. The highest BCUT2D eigenvalue weighted by Gasteiger charge is 2.32. The number of carbonyl (C=O) groups is 2. The number of halogens is 2. The van der Waals surface area contributed by atoms with Gasteiger partial charge in [-0.1, -0.05) is 23.7 Å². The number of benzene rings is 1. The molecule has 10 heteroatoms. The lowest BCUT2D eigenvalue weighted by Gasteiger charge is -2.19. The minimum atomic E-state index is -0.993. The molecule has 0 saturated carbocycles. The lowest BCUT2D eigenvalue weighted by molar-refractivity contribution is -0.120. The molecule has 1 aliphatic rings. The monoisotopic (exact) mass is 427 g/mol. The number of rotatable bonds is 3. The van der Waals surface area contributed by atoms with Gasteiger partial charge < -0.3 is 10.1 Å². The Bertz CT molecular complexity index is 1140. The second kappa shape index (κ2) is 8.03. The van der Waals surface area contributed by atoms with E-state index in [-0.39, 0.29) is 28.7 Å². The van der Waals surface area contributed by atoms with Gasteiger partial charge in [-0.15, -0.1) is 0 Å². The fourth-order valence-corrected chi connectivity index (χ4v) is 3.17. The van der Waals surface area contributed by atoms with Crippen molar-refractivity contribution in [1.82, 2.24) is 20.3 Å². The van der Waals surface area contributed by atoms with Crippen LogP contribution in [0.3, 0.4) is 0 Å². The van der Waals surface area contributed by atoms with Gasteiger partial charge >= 0.3 is 0 Å². The lowest BCUT2D eigenvalue weighted by atomic mass is 10.1. The molecule has 152 valence electrons. The third-order valence-corrected chi connectivity index (χ3v) is 4.76. The summed E-state index contributed by atoms with van der Waals surface area (Å²) in [6.45, 7) is -0.0959. The SMILES string of the molecule is CN1C(=O)[C@@H](NC(=O)c2ncc(Cl)c(-c3ccccc3F)n2)COc2cccnc21. The molecule has 0 fully saturated rings. The molecule has 0 spiro atoms. The van der Waals surface area contributed by atoms with Crippen LogP contribution < -0.4 is 15.0 Å². The summed E-state index contributed by atoms with van der Waals surface area (Å²) in [7, 11) is 1.54. The second-order valence-electron chi connectivity index (χ2n) is 6.43. The average molecular weight is 428 g/mol. The topological polar surface area (TPSA) is 97.3 Å². The van der Waals surface area contributed by atoms with Crippen molar-refractivity contribution < 1.29 is 18.7 Å². The van der Waals surface area contributed by atoms with Crippen molar-refractivity contribution in [3.63, 3.8) is 0 Å². The van der Waals surface area contributed by atoms with Crippen molar-refractivity contribution in [2.75, 3.05) is 18.6 Å². The van der Waals surface area contributed by atoms with Crippen LogP contribution >= 0.6 is 11.6 Å². The molecule has 0 aliphatic carbocycles. The molecule has 0 radical (unpaired) electrons. The first-order chi connectivity index (χ1) is 14.5. The molecule has 1 N–H and O–H groups in total. The van der Waals surface area contributed by atoms with E-state index in [0.29, 0.717) is 11.6 Å². The molecule has 3 aromatic rings. The smallest absolute Gasteiger partial charge is 0.289 e. The van der Waals surface area contributed by atoms with Gasteiger partial charge in [0, 0.05) is 18.8 Å². The van der Waals surface area contributed by atoms with Crippen LogP contribution in [0.5, 0.6) is 5.75 Å². The van der Waals surface area contributed by atoms with Crippen LogP contribution in [0.25, 0.3) is 11.3 Å². The number of anilines is 1. The number of ether oxygens (including phenoxy) is 1. The van der Waals surface area contributed by atoms with Gasteiger partial charge in [-0.2, -0.15) is 0 Å². The minimum absolute atomic E-state index is 0.0760. The van der Waals surface area contributed by atoms with Crippen LogP contribution in [-0.4, -0.2) is 46.5 Å². The first kappa shape index (κ1) is 19.7. The molecule has 4 rings (SSSR count). The molecule has 3 heterocycles. The van der Waals surface area contributed by atoms with E-state index >= 15 is 0 Å². The summed E-state index contributed by atoms with van der Waals surface area (Å²) in [6.07, 6.45) is 2.75. The van der Waals surface area contributed by atoms with Gasteiger partial charge in [0.25, 0.3) is 11.8 Å². The Hall–Kier alpha value is -3.59. The molecular formula is C20H15ClFN5O3. The lowest BCUT2D eigenvalue weighted by Crippen LogP contribution is -2.49. The first-order valence-corrected chi connectivity index (χ1v) is 9.27. The van der Waals surface area contributed by atoms with Crippen molar-refractivity contribution in [2.45, 2.75) is 6.04 Å². The summed E-state index contributed by atoms with van der Waals surface area (Å²) >= 11 is 6.10. The van der Waals surface area contributed by atoms with E-state index in [9.17, 15) is 14.0 Å².